The number of amides is 1. The number of hydrogen-bond acceptors (Lipinski definition) is 4. The maximum atomic E-state index is 12.6. The molecule has 0 spiro atoms. The van der Waals surface area contributed by atoms with E-state index >= 15 is 0 Å². The molecule has 0 saturated carbocycles. The summed E-state index contributed by atoms with van der Waals surface area (Å²) in [5.41, 5.74) is 3.81. The number of carbonyl (C=O) groups is 1. The van der Waals surface area contributed by atoms with Crippen LogP contribution in [-0.4, -0.2) is 57.1 Å². The van der Waals surface area contributed by atoms with Crippen molar-refractivity contribution in [2.24, 2.45) is 0 Å². The van der Waals surface area contributed by atoms with E-state index in [1.807, 2.05) is 62.4 Å². The lowest BCUT2D eigenvalue weighted by atomic mass is 10.1. The lowest BCUT2D eigenvalue weighted by molar-refractivity contribution is 0.0953. The zero-order valence-electron chi connectivity index (χ0n) is 17.1. The first-order valence-corrected chi connectivity index (χ1v) is 11.6. The Morgan fingerprint density at radius 1 is 0.966 bits per heavy atom. The highest BCUT2D eigenvalue weighted by Crippen LogP contribution is 2.17. The van der Waals surface area contributed by atoms with Gasteiger partial charge in [-0.05, 0) is 44.5 Å². The molecule has 1 aliphatic rings. The highest BCUT2D eigenvalue weighted by atomic mass is 32.2. The Bertz CT molecular complexity index is 917. The molecule has 156 valence electrons. The standard InChI is InChI=1S/C22H29N3O3S/c1-18-15-19(2)17-20(16-18)22(26)23-9-6-14-29(27,28)25-12-10-24(11-13-25)21-7-4-3-5-8-21/h3-5,7-8,15-17H,6,9-14H2,1-2H3,(H,23,26). The molecule has 1 saturated heterocycles. The van der Waals surface area contributed by atoms with Crippen LogP contribution in [0.15, 0.2) is 48.5 Å². The minimum atomic E-state index is -3.31. The molecule has 0 atom stereocenters. The number of nitrogens with one attached hydrogen (secondary N) is 1. The molecule has 0 aromatic heterocycles. The third-order valence-corrected chi connectivity index (χ3v) is 7.06. The molecule has 2 aromatic carbocycles. The van der Waals surface area contributed by atoms with Crippen LogP contribution in [-0.2, 0) is 10.0 Å². The second kappa shape index (κ2) is 9.41. The summed E-state index contributed by atoms with van der Waals surface area (Å²) in [6.45, 7) is 6.61. The molecule has 7 heteroatoms. The number of piperazine rings is 1. The average Bonchev–Trinajstić information content (AvgIpc) is 2.71. The van der Waals surface area contributed by atoms with Crippen LogP contribution in [0.4, 0.5) is 5.69 Å². The van der Waals surface area contributed by atoms with E-state index in [2.05, 4.69) is 10.2 Å². The van der Waals surface area contributed by atoms with Crippen molar-refractivity contribution in [1.82, 2.24) is 9.62 Å². The fraction of sp³-hybridized carbons (Fsp3) is 0.409. The SMILES string of the molecule is Cc1cc(C)cc(C(=O)NCCCS(=O)(=O)N2CCN(c3ccccc3)CC2)c1. The Morgan fingerprint density at radius 2 is 1.59 bits per heavy atom. The van der Waals surface area contributed by atoms with Crippen molar-refractivity contribution in [3.05, 3.63) is 65.2 Å². The van der Waals surface area contributed by atoms with Crippen LogP contribution in [0.2, 0.25) is 0 Å². The van der Waals surface area contributed by atoms with Crippen LogP contribution < -0.4 is 10.2 Å². The number of rotatable bonds is 7. The third kappa shape index (κ3) is 5.81. The maximum absolute atomic E-state index is 12.6. The summed E-state index contributed by atoms with van der Waals surface area (Å²) >= 11 is 0. The number of para-hydroxylation sites is 1. The van der Waals surface area contributed by atoms with Crippen molar-refractivity contribution in [2.75, 3.05) is 43.4 Å². The summed E-state index contributed by atoms with van der Waals surface area (Å²) in [6, 6.07) is 15.7. The Morgan fingerprint density at radius 3 is 2.21 bits per heavy atom. The third-order valence-electron chi connectivity index (χ3n) is 5.10. The van der Waals surface area contributed by atoms with Gasteiger partial charge in [-0.1, -0.05) is 35.4 Å². The zero-order chi connectivity index (χ0) is 20.9. The Hall–Kier alpha value is -2.38. The molecule has 3 rings (SSSR count). The second-order valence-corrected chi connectivity index (χ2v) is 9.61. The van der Waals surface area contributed by atoms with E-state index in [9.17, 15) is 13.2 Å². The van der Waals surface area contributed by atoms with Gasteiger partial charge in [0.1, 0.15) is 0 Å². The van der Waals surface area contributed by atoms with Gasteiger partial charge in [-0.2, -0.15) is 4.31 Å². The van der Waals surface area contributed by atoms with E-state index in [-0.39, 0.29) is 11.7 Å². The summed E-state index contributed by atoms with van der Waals surface area (Å²) in [5, 5.41) is 2.83. The minimum Gasteiger partial charge on any atom is -0.369 e. The van der Waals surface area contributed by atoms with Gasteiger partial charge in [-0.15, -0.1) is 0 Å². The smallest absolute Gasteiger partial charge is 0.251 e. The van der Waals surface area contributed by atoms with Crippen LogP contribution in [0.25, 0.3) is 0 Å². The average molecular weight is 416 g/mol. The van der Waals surface area contributed by atoms with Crippen LogP contribution in [0.1, 0.15) is 27.9 Å². The largest absolute Gasteiger partial charge is 0.369 e. The number of benzene rings is 2. The Labute approximate surface area is 173 Å². The van der Waals surface area contributed by atoms with Gasteiger partial charge < -0.3 is 10.2 Å². The van der Waals surface area contributed by atoms with Crippen molar-refractivity contribution >= 4 is 21.6 Å². The summed E-state index contributed by atoms with van der Waals surface area (Å²) < 4.78 is 26.8. The Kier molecular flexibility index (Phi) is 6.92. The minimum absolute atomic E-state index is 0.0471. The summed E-state index contributed by atoms with van der Waals surface area (Å²) in [7, 11) is -3.31. The van der Waals surface area contributed by atoms with E-state index < -0.39 is 10.0 Å². The first-order chi connectivity index (χ1) is 13.8. The van der Waals surface area contributed by atoms with Crippen molar-refractivity contribution in [1.29, 1.82) is 0 Å². The molecular formula is C22H29N3O3S. The molecule has 0 radical (unpaired) electrons. The molecular weight excluding hydrogens is 386 g/mol. The second-order valence-electron chi connectivity index (χ2n) is 7.52. The Balaban J connectivity index is 1.44. The van der Waals surface area contributed by atoms with Gasteiger partial charge in [0.05, 0.1) is 5.75 Å². The van der Waals surface area contributed by atoms with Gasteiger partial charge in [0.2, 0.25) is 10.0 Å². The van der Waals surface area contributed by atoms with Gasteiger partial charge in [-0.25, -0.2) is 8.42 Å². The van der Waals surface area contributed by atoms with Gasteiger partial charge in [0, 0.05) is 44.0 Å². The van der Waals surface area contributed by atoms with Gasteiger partial charge in [0.15, 0.2) is 0 Å². The fourth-order valence-corrected chi connectivity index (χ4v) is 5.14. The van der Waals surface area contributed by atoms with Gasteiger partial charge in [0.25, 0.3) is 5.91 Å². The molecule has 0 unspecified atom stereocenters. The highest BCUT2D eigenvalue weighted by Gasteiger charge is 2.26. The maximum Gasteiger partial charge on any atom is 0.251 e. The predicted octanol–water partition coefficient (Wildman–Crippen LogP) is 2.58. The predicted molar refractivity (Wildman–Crippen MR) is 117 cm³/mol. The first kappa shape index (κ1) is 21.3. The molecule has 1 aliphatic heterocycles. The van der Waals surface area contributed by atoms with Crippen LogP contribution >= 0.6 is 0 Å². The van der Waals surface area contributed by atoms with Gasteiger partial charge >= 0.3 is 0 Å². The van der Waals surface area contributed by atoms with Crippen LogP contribution in [0, 0.1) is 13.8 Å². The van der Waals surface area contributed by atoms with E-state index in [0.29, 0.717) is 44.7 Å². The van der Waals surface area contributed by atoms with E-state index in [4.69, 9.17) is 0 Å². The lowest BCUT2D eigenvalue weighted by Gasteiger charge is -2.35. The molecule has 6 nitrogen and oxygen atoms in total. The quantitative estimate of drug-likeness (QED) is 0.706. The molecule has 1 N–H and O–H groups in total. The van der Waals surface area contributed by atoms with E-state index in [1.54, 1.807) is 4.31 Å². The molecule has 29 heavy (non-hydrogen) atoms. The molecule has 0 aliphatic carbocycles. The van der Waals surface area contributed by atoms with Gasteiger partial charge in [-0.3, -0.25) is 4.79 Å². The van der Waals surface area contributed by atoms with E-state index in [0.717, 1.165) is 16.8 Å². The normalized spacial score (nSPS) is 15.3. The first-order valence-electron chi connectivity index (χ1n) is 9.99. The molecule has 1 fully saturated rings. The molecule has 1 amide bonds. The van der Waals surface area contributed by atoms with Crippen molar-refractivity contribution in [3.8, 4) is 0 Å². The number of hydrogen-bond donors (Lipinski definition) is 1. The number of carbonyl (C=O) groups excluding carboxylic acids is 1. The van der Waals surface area contributed by atoms with E-state index in [1.165, 1.54) is 0 Å². The lowest BCUT2D eigenvalue weighted by Crippen LogP contribution is -2.49. The number of sulfonamides is 1. The van der Waals surface area contributed by atoms with Crippen molar-refractivity contribution in [2.45, 2.75) is 20.3 Å². The number of anilines is 1. The monoisotopic (exact) mass is 415 g/mol. The number of aryl methyl sites for hydroxylation is 2. The van der Waals surface area contributed by atoms with Crippen molar-refractivity contribution in [3.63, 3.8) is 0 Å². The summed E-state index contributed by atoms with van der Waals surface area (Å²) in [5.74, 6) is -0.114. The fourth-order valence-electron chi connectivity index (χ4n) is 3.66. The summed E-state index contributed by atoms with van der Waals surface area (Å²) in [6.07, 6.45) is 0.401. The van der Waals surface area contributed by atoms with Crippen LogP contribution in [0.3, 0.4) is 0 Å². The zero-order valence-corrected chi connectivity index (χ0v) is 17.9. The number of nitrogens with zero attached hydrogens (tertiary/aromatic N) is 2. The summed E-state index contributed by atoms with van der Waals surface area (Å²) in [4.78, 5) is 14.5. The van der Waals surface area contributed by atoms with Crippen LogP contribution in [0.5, 0.6) is 0 Å². The topological polar surface area (TPSA) is 69.7 Å². The molecule has 2 aromatic rings. The highest BCUT2D eigenvalue weighted by molar-refractivity contribution is 7.89. The molecule has 0 bridgehead atoms. The molecule has 1 heterocycles. The van der Waals surface area contributed by atoms with Crippen molar-refractivity contribution < 1.29 is 13.2 Å².